The molecule has 0 aromatic heterocycles. The molecule has 1 nitrogen and oxygen atoms in total. The van der Waals surface area contributed by atoms with Gasteiger partial charge in [0.1, 0.15) is 5.82 Å². The molecule has 0 bridgehead atoms. The highest BCUT2D eigenvalue weighted by molar-refractivity contribution is 7.80. The van der Waals surface area contributed by atoms with Crippen molar-refractivity contribution >= 4 is 24.2 Å². The standard InChI is InChI=1S/C10H13ClFNS/c1-7(6-14)13-5-8-9(11)3-2-4-10(8)12/h2-4,7,13-14H,5-6H2,1H3. The van der Waals surface area contributed by atoms with E-state index in [9.17, 15) is 4.39 Å². The van der Waals surface area contributed by atoms with E-state index in [2.05, 4.69) is 17.9 Å². The number of rotatable bonds is 4. The summed E-state index contributed by atoms with van der Waals surface area (Å²) in [5, 5.41) is 3.59. The lowest BCUT2D eigenvalue weighted by Crippen LogP contribution is -2.27. The van der Waals surface area contributed by atoms with Crippen LogP contribution in [0.15, 0.2) is 18.2 Å². The number of nitrogens with one attached hydrogen (secondary N) is 1. The molecule has 0 amide bonds. The molecule has 1 N–H and O–H groups in total. The predicted octanol–water partition coefficient (Wildman–Crippen LogP) is 2.89. The summed E-state index contributed by atoms with van der Waals surface area (Å²) in [4.78, 5) is 0. The molecule has 1 rings (SSSR count). The third-order valence-electron chi connectivity index (χ3n) is 1.96. The van der Waals surface area contributed by atoms with E-state index in [-0.39, 0.29) is 11.9 Å². The molecule has 1 aromatic rings. The summed E-state index contributed by atoms with van der Waals surface area (Å²) in [6.07, 6.45) is 0. The van der Waals surface area contributed by atoms with Crippen LogP contribution in [0.3, 0.4) is 0 Å². The first-order valence-electron chi connectivity index (χ1n) is 4.42. The highest BCUT2D eigenvalue weighted by Gasteiger charge is 2.07. The normalized spacial score (nSPS) is 12.9. The number of halogens is 2. The summed E-state index contributed by atoms with van der Waals surface area (Å²) in [7, 11) is 0. The van der Waals surface area contributed by atoms with E-state index in [1.165, 1.54) is 6.07 Å². The maximum Gasteiger partial charge on any atom is 0.129 e. The smallest absolute Gasteiger partial charge is 0.129 e. The quantitative estimate of drug-likeness (QED) is 0.763. The van der Waals surface area contributed by atoms with Crippen LogP contribution >= 0.6 is 24.2 Å². The lowest BCUT2D eigenvalue weighted by molar-refractivity contribution is 0.557. The van der Waals surface area contributed by atoms with Gasteiger partial charge in [-0.05, 0) is 19.1 Å². The van der Waals surface area contributed by atoms with Crippen LogP contribution in [0.25, 0.3) is 0 Å². The molecule has 0 aliphatic rings. The Balaban J connectivity index is 2.66. The van der Waals surface area contributed by atoms with Crippen LogP contribution in [-0.4, -0.2) is 11.8 Å². The highest BCUT2D eigenvalue weighted by Crippen LogP contribution is 2.18. The first kappa shape index (κ1) is 11.8. The highest BCUT2D eigenvalue weighted by atomic mass is 35.5. The van der Waals surface area contributed by atoms with Crippen LogP contribution in [0.2, 0.25) is 5.02 Å². The Morgan fingerprint density at radius 3 is 2.86 bits per heavy atom. The van der Waals surface area contributed by atoms with Gasteiger partial charge in [-0.2, -0.15) is 12.6 Å². The fourth-order valence-corrected chi connectivity index (χ4v) is 1.40. The Labute approximate surface area is 94.1 Å². The number of thiol groups is 1. The topological polar surface area (TPSA) is 12.0 Å². The van der Waals surface area contributed by atoms with Gasteiger partial charge in [0, 0.05) is 28.9 Å². The lowest BCUT2D eigenvalue weighted by atomic mass is 10.2. The van der Waals surface area contributed by atoms with E-state index >= 15 is 0 Å². The summed E-state index contributed by atoms with van der Waals surface area (Å²) >= 11 is 9.98. The van der Waals surface area contributed by atoms with Crippen molar-refractivity contribution in [1.29, 1.82) is 0 Å². The van der Waals surface area contributed by atoms with E-state index in [4.69, 9.17) is 11.6 Å². The largest absolute Gasteiger partial charge is 0.309 e. The lowest BCUT2D eigenvalue weighted by Gasteiger charge is -2.12. The van der Waals surface area contributed by atoms with Crippen molar-refractivity contribution in [2.24, 2.45) is 0 Å². The average Bonchev–Trinajstić information content (AvgIpc) is 2.16. The number of hydrogen-bond acceptors (Lipinski definition) is 2. The summed E-state index contributed by atoms with van der Waals surface area (Å²) in [6.45, 7) is 2.43. The first-order chi connectivity index (χ1) is 6.65. The molecule has 0 saturated carbocycles. The molecule has 0 spiro atoms. The SMILES string of the molecule is CC(CS)NCc1c(F)cccc1Cl. The summed E-state index contributed by atoms with van der Waals surface area (Å²) in [6, 6.07) is 4.94. The van der Waals surface area contributed by atoms with Crippen molar-refractivity contribution in [2.45, 2.75) is 19.5 Å². The minimum Gasteiger partial charge on any atom is -0.309 e. The second-order valence-corrected chi connectivity index (χ2v) is 3.94. The van der Waals surface area contributed by atoms with Crippen LogP contribution in [-0.2, 0) is 6.54 Å². The molecule has 0 radical (unpaired) electrons. The Morgan fingerprint density at radius 2 is 2.29 bits per heavy atom. The molecule has 78 valence electrons. The molecule has 14 heavy (non-hydrogen) atoms. The van der Waals surface area contributed by atoms with Gasteiger partial charge < -0.3 is 5.32 Å². The van der Waals surface area contributed by atoms with Crippen LogP contribution < -0.4 is 5.32 Å². The van der Waals surface area contributed by atoms with Crippen molar-refractivity contribution in [2.75, 3.05) is 5.75 Å². The van der Waals surface area contributed by atoms with E-state index in [1.807, 2.05) is 6.92 Å². The van der Waals surface area contributed by atoms with Gasteiger partial charge in [0.15, 0.2) is 0 Å². The van der Waals surface area contributed by atoms with Gasteiger partial charge in [-0.3, -0.25) is 0 Å². The first-order valence-corrected chi connectivity index (χ1v) is 5.43. The van der Waals surface area contributed by atoms with E-state index in [0.29, 0.717) is 22.9 Å². The van der Waals surface area contributed by atoms with Gasteiger partial charge in [-0.1, -0.05) is 17.7 Å². The van der Waals surface area contributed by atoms with Crippen molar-refractivity contribution in [3.05, 3.63) is 34.6 Å². The Bertz CT molecular complexity index is 286. The molecule has 1 atom stereocenters. The number of hydrogen-bond donors (Lipinski definition) is 2. The van der Waals surface area contributed by atoms with Gasteiger partial charge in [0.05, 0.1) is 0 Å². The average molecular weight is 234 g/mol. The second-order valence-electron chi connectivity index (χ2n) is 3.16. The second kappa shape index (κ2) is 5.59. The van der Waals surface area contributed by atoms with Gasteiger partial charge in [0.25, 0.3) is 0 Å². The van der Waals surface area contributed by atoms with Crippen LogP contribution in [0, 0.1) is 5.82 Å². The molecule has 0 aliphatic heterocycles. The molecule has 0 saturated heterocycles. The molecule has 4 heteroatoms. The van der Waals surface area contributed by atoms with E-state index < -0.39 is 0 Å². The van der Waals surface area contributed by atoms with Gasteiger partial charge in [0.2, 0.25) is 0 Å². The molecule has 1 unspecified atom stereocenters. The zero-order chi connectivity index (χ0) is 10.6. The minimum atomic E-state index is -0.267. The Morgan fingerprint density at radius 1 is 1.57 bits per heavy atom. The van der Waals surface area contributed by atoms with Crippen molar-refractivity contribution in [1.82, 2.24) is 5.32 Å². The maximum absolute atomic E-state index is 13.3. The van der Waals surface area contributed by atoms with Gasteiger partial charge >= 0.3 is 0 Å². The van der Waals surface area contributed by atoms with Gasteiger partial charge in [-0.25, -0.2) is 4.39 Å². The van der Waals surface area contributed by atoms with E-state index in [1.54, 1.807) is 12.1 Å². The fraction of sp³-hybridized carbons (Fsp3) is 0.400. The maximum atomic E-state index is 13.3. The summed E-state index contributed by atoms with van der Waals surface area (Å²) in [5.41, 5.74) is 0.516. The van der Waals surface area contributed by atoms with Crippen molar-refractivity contribution < 1.29 is 4.39 Å². The minimum absolute atomic E-state index is 0.244. The van der Waals surface area contributed by atoms with Crippen molar-refractivity contribution in [3.63, 3.8) is 0 Å². The summed E-state index contributed by atoms with van der Waals surface area (Å²) < 4.78 is 13.3. The summed E-state index contributed by atoms with van der Waals surface area (Å²) in [5.74, 6) is 0.447. The van der Waals surface area contributed by atoms with Crippen LogP contribution in [0.1, 0.15) is 12.5 Å². The molecule has 1 aromatic carbocycles. The van der Waals surface area contributed by atoms with Gasteiger partial charge in [-0.15, -0.1) is 0 Å². The van der Waals surface area contributed by atoms with Crippen molar-refractivity contribution in [3.8, 4) is 0 Å². The number of benzene rings is 1. The van der Waals surface area contributed by atoms with E-state index in [0.717, 1.165) is 0 Å². The van der Waals surface area contributed by atoms with Crippen LogP contribution in [0.4, 0.5) is 4.39 Å². The molecule has 0 fully saturated rings. The third kappa shape index (κ3) is 3.15. The monoisotopic (exact) mass is 233 g/mol. The zero-order valence-corrected chi connectivity index (χ0v) is 9.58. The molecular weight excluding hydrogens is 221 g/mol. The zero-order valence-electron chi connectivity index (χ0n) is 7.93. The molecule has 0 aliphatic carbocycles. The van der Waals surface area contributed by atoms with Crippen LogP contribution in [0.5, 0.6) is 0 Å². The Kier molecular flexibility index (Phi) is 4.72. The Hall–Kier alpha value is -0.250. The third-order valence-corrected chi connectivity index (χ3v) is 2.86. The fourth-order valence-electron chi connectivity index (χ4n) is 1.04. The molecular formula is C10H13ClFNS. The molecule has 0 heterocycles. The predicted molar refractivity (Wildman–Crippen MR) is 61.6 cm³/mol.